The van der Waals surface area contributed by atoms with Crippen LogP contribution < -0.4 is 0 Å². The highest BCUT2D eigenvalue weighted by atomic mass is 127. The lowest BCUT2D eigenvalue weighted by Crippen LogP contribution is -1.97. The fourth-order valence-electron chi connectivity index (χ4n) is 5.28. The van der Waals surface area contributed by atoms with Crippen LogP contribution in [0, 0.1) is 28.6 Å². The van der Waals surface area contributed by atoms with Gasteiger partial charge in [-0.05, 0) is 280 Å². The Morgan fingerprint density at radius 1 is 0.311 bits per heavy atom. The van der Waals surface area contributed by atoms with Crippen LogP contribution in [0.1, 0.15) is 11.1 Å². The van der Waals surface area contributed by atoms with Gasteiger partial charge in [0.15, 0.2) is 0 Å². The molecule has 0 aliphatic heterocycles. The van der Waals surface area contributed by atoms with Gasteiger partial charge in [-0.1, -0.05) is 60.7 Å². The first-order valence-electron chi connectivity index (χ1n) is 13.7. The van der Waals surface area contributed by atoms with Crippen LogP contribution in [0.5, 0.6) is 0 Å². The Morgan fingerprint density at radius 2 is 0.644 bits per heavy atom. The standard InChI is InChI=1S/C37H20I8/c38-28-3-1-4-29(39)36(28)24-11-13-26(34(44)18-24)20-7-9-22(32(42)16-20)15-23-10-8-21(17-33(23)43)27-14-12-25(19-35(27)45)37-30(40)5-2-6-31(37)41/h1-14,16-19H,15H2. The molecule has 0 saturated carbocycles. The zero-order valence-electron chi connectivity index (χ0n) is 23.1. The van der Waals surface area contributed by atoms with Gasteiger partial charge in [0.25, 0.3) is 0 Å². The Balaban J connectivity index is 1.22. The van der Waals surface area contributed by atoms with Crippen molar-refractivity contribution in [2.24, 2.45) is 0 Å². The summed E-state index contributed by atoms with van der Waals surface area (Å²) in [6.45, 7) is 0. The highest BCUT2D eigenvalue weighted by Crippen LogP contribution is 2.37. The highest BCUT2D eigenvalue weighted by Gasteiger charge is 2.15. The minimum Gasteiger partial charge on any atom is -0.0601 e. The molecule has 0 heterocycles. The topological polar surface area (TPSA) is 0 Å². The summed E-state index contributed by atoms with van der Waals surface area (Å²) in [7, 11) is 0. The van der Waals surface area contributed by atoms with Gasteiger partial charge in [0.2, 0.25) is 0 Å². The smallest absolute Gasteiger partial charge is 0.0219 e. The van der Waals surface area contributed by atoms with Gasteiger partial charge in [-0.25, -0.2) is 0 Å². The number of hydrogen-bond acceptors (Lipinski definition) is 0. The second kappa shape index (κ2) is 16.0. The molecule has 8 heteroatoms. The largest absolute Gasteiger partial charge is 0.0601 e. The van der Waals surface area contributed by atoms with Crippen molar-refractivity contribution in [3.05, 3.63) is 149 Å². The maximum atomic E-state index is 2.51. The third-order valence-electron chi connectivity index (χ3n) is 7.55. The third kappa shape index (κ3) is 8.22. The minimum absolute atomic E-state index is 0.916. The molecular weight excluding hydrogens is 1460 g/mol. The molecule has 0 aromatic heterocycles. The van der Waals surface area contributed by atoms with Crippen molar-refractivity contribution in [3.63, 3.8) is 0 Å². The van der Waals surface area contributed by atoms with Crippen molar-refractivity contribution in [2.45, 2.75) is 6.42 Å². The average molecular weight is 1480 g/mol. The van der Waals surface area contributed by atoms with Crippen molar-refractivity contribution in [3.8, 4) is 44.5 Å². The van der Waals surface area contributed by atoms with E-state index < -0.39 is 0 Å². The Kier molecular flexibility index (Phi) is 12.8. The molecule has 0 radical (unpaired) electrons. The van der Waals surface area contributed by atoms with Gasteiger partial charge >= 0.3 is 0 Å². The normalized spacial score (nSPS) is 11.2. The van der Waals surface area contributed by atoms with Gasteiger partial charge in [0.1, 0.15) is 0 Å². The molecule has 0 fully saturated rings. The predicted octanol–water partition coefficient (Wildman–Crippen LogP) is 14.8. The summed E-state index contributed by atoms with van der Waals surface area (Å²) in [5.74, 6) is 0. The van der Waals surface area contributed by atoms with Gasteiger partial charge in [-0.15, -0.1) is 0 Å². The van der Waals surface area contributed by atoms with E-state index in [9.17, 15) is 0 Å². The van der Waals surface area contributed by atoms with Crippen LogP contribution in [0.15, 0.2) is 109 Å². The molecule has 0 aliphatic carbocycles. The van der Waals surface area contributed by atoms with Gasteiger partial charge < -0.3 is 0 Å². The molecule has 0 saturated heterocycles. The minimum atomic E-state index is 0.916. The van der Waals surface area contributed by atoms with Crippen LogP contribution in [-0.4, -0.2) is 0 Å². The molecule has 0 amide bonds. The molecule has 0 N–H and O–H groups in total. The molecule has 0 atom stereocenters. The highest BCUT2D eigenvalue weighted by molar-refractivity contribution is 14.1. The first-order valence-corrected chi connectivity index (χ1v) is 22.3. The van der Waals surface area contributed by atoms with Crippen LogP contribution in [0.3, 0.4) is 0 Å². The molecule has 0 bridgehead atoms. The first kappa shape index (κ1) is 36.0. The summed E-state index contributed by atoms with van der Waals surface area (Å²) in [6.07, 6.45) is 0.916. The van der Waals surface area contributed by atoms with Gasteiger partial charge in [0.05, 0.1) is 0 Å². The van der Waals surface area contributed by atoms with E-state index in [4.69, 9.17) is 0 Å². The third-order valence-corrected chi connectivity index (χ3v) is 14.9. The molecule has 6 aromatic rings. The van der Waals surface area contributed by atoms with Crippen molar-refractivity contribution in [1.82, 2.24) is 0 Å². The van der Waals surface area contributed by atoms with Crippen LogP contribution in [0.2, 0.25) is 0 Å². The Morgan fingerprint density at radius 3 is 0.978 bits per heavy atom. The molecule has 6 rings (SSSR count). The number of halogens is 8. The molecule has 0 unspecified atom stereocenters. The van der Waals surface area contributed by atoms with Gasteiger partial charge in [-0.3, -0.25) is 0 Å². The Hall–Kier alpha value is 1.16. The van der Waals surface area contributed by atoms with Crippen LogP contribution in [0.25, 0.3) is 44.5 Å². The summed E-state index contributed by atoms with van der Waals surface area (Å²) >= 11 is 19.8. The van der Waals surface area contributed by atoms with E-state index in [0.717, 1.165) is 6.42 Å². The average Bonchev–Trinajstić information content (AvgIpc) is 2.99. The summed E-state index contributed by atoms with van der Waals surface area (Å²) in [6, 6.07) is 40.5. The summed E-state index contributed by atoms with van der Waals surface area (Å²) in [5, 5.41) is 0. The van der Waals surface area contributed by atoms with Gasteiger partial charge in [0, 0.05) is 39.7 Å². The zero-order valence-corrected chi connectivity index (χ0v) is 40.4. The van der Waals surface area contributed by atoms with Crippen LogP contribution in [-0.2, 0) is 6.42 Å². The van der Waals surface area contributed by atoms with Crippen molar-refractivity contribution < 1.29 is 0 Å². The molecule has 6 aromatic carbocycles. The SMILES string of the molecule is Ic1cc(-c2ccc(-c3c(I)cccc3I)cc2I)ccc1Cc1ccc(-c2ccc(-c3c(I)cccc3I)cc2I)cc1I. The fourth-order valence-corrected chi connectivity index (χ4v) is 12.6. The number of rotatable bonds is 6. The maximum Gasteiger partial charge on any atom is 0.0219 e. The van der Waals surface area contributed by atoms with Crippen molar-refractivity contribution in [2.75, 3.05) is 0 Å². The summed E-state index contributed by atoms with van der Waals surface area (Å²) in [4.78, 5) is 0. The second-order valence-corrected chi connectivity index (χ2v) is 19.7. The van der Waals surface area contributed by atoms with E-state index in [1.165, 1.54) is 84.2 Å². The van der Waals surface area contributed by atoms with E-state index in [2.05, 4.69) is 290 Å². The monoisotopic (exact) mass is 1480 g/mol. The van der Waals surface area contributed by atoms with Gasteiger partial charge in [-0.2, -0.15) is 0 Å². The fraction of sp³-hybridized carbons (Fsp3) is 0.0270. The summed E-state index contributed by atoms with van der Waals surface area (Å²) in [5.41, 5.74) is 13.0. The lowest BCUT2D eigenvalue weighted by molar-refractivity contribution is 1.16. The maximum absolute atomic E-state index is 2.51. The molecule has 224 valence electrons. The van der Waals surface area contributed by atoms with E-state index >= 15 is 0 Å². The Labute approximate surface area is 373 Å². The van der Waals surface area contributed by atoms with Crippen molar-refractivity contribution >= 4 is 181 Å². The number of benzene rings is 6. The van der Waals surface area contributed by atoms with Crippen LogP contribution >= 0.6 is 181 Å². The quantitative estimate of drug-likeness (QED) is 0.146. The molecule has 0 nitrogen and oxygen atoms in total. The molecule has 45 heavy (non-hydrogen) atoms. The van der Waals surface area contributed by atoms with E-state index in [1.807, 2.05) is 0 Å². The molecule has 0 spiro atoms. The Bertz CT molecular complexity index is 1890. The van der Waals surface area contributed by atoms with Crippen LogP contribution in [0.4, 0.5) is 0 Å². The first-order chi connectivity index (χ1) is 21.6. The zero-order chi connectivity index (χ0) is 31.8. The molecular formula is C37H20I8. The van der Waals surface area contributed by atoms with E-state index in [1.54, 1.807) is 0 Å². The predicted molar refractivity (Wildman–Crippen MR) is 259 cm³/mol. The summed E-state index contributed by atoms with van der Waals surface area (Å²) < 4.78 is 10.3. The van der Waals surface area contributed by atoms with Crippen molar-refractivity contribution in [1.29, 1.82) is 0 Å². The number of hydrogen-bond donors (Lipinski definition) is 0. The van der Waals surface area contributed by atoms with E-state index in [0.29, 0.717) is 0 Å². The second-order valence-electron chi connectivity index (χ2n) is 10.4. The molecule has 0 aliphatic rings. The lowest BCUT2D eigenvalue weighted by Gasteiger charge is -2.14. The van der Waals surface area contributed by atoms with E-state index in [-0.39, 0.29) is 0 Å². The lowest BCUT2D eigenvalue weighted by atomic mass is 9.96.